The summed E-state index contributed by atoms with van der Waals surface area (Å²) < 4.78 is 2.28. The van der Waals surface area contributed by atoms with E-state index in [2.05, 4.69) is 21.0 Å². The molecule has 0 aliphatic heterocycles. The van der Waals surface area contributed by atoms with Gasteiger partial charge < -0.3 is 0 Å². The van der Waals surface area contributed by atoms with Gasteiger partial charge >= 0.3 is 0 Å². The lowest BCUT2D eigenvalue weighted by Gasteiger charge is -2.06. The molecule has 1 aromatic heterocycles. The fourth-order valence-corrected chi connectivity index (χ4v) is 2.65. The number of hydrogen-bond acceptors (Lipinski definition) is 2. The van der Waals surface area contributed by atoms with Crippen LogP contribution in [0, 0.1) is 0 Å². The maximum Gasteiger partial charge on any atom is 0.212 e. The first-order chi connectivity index (χ1) is 8.52. The molecule has 0 bridgehead atoms. The summed E-state index contributed by atoms with van der Waals surface area (Å²) in [7, 11) is 0. The summed E-state index contributed by atoms with van der Waals surface area (Å²) in [4.78, 5) is 12.4. The highest BCUT2D eigenvalue weighted by molar-refractivity contribution is 9.10. The third-order valence-corrected chi connectivity index (χ3v) is 3.45. The minimum Gasteiger partial charge on any atom is -0.287 e. The second kappa shape index (κ2) is 5.43. The molecule has 2 rings (SSSR count). The van der Waals surface area contributed by atoms with Crippen molar-refractivity contribution in [2.24, 2.45) is 0 Å². The van der Waals surface area contributed by atoms with Crippen molar-refractivity contribution in [3.63, 3.8) is 0 Å². The highest BCUT2D eigenvalue weighted by Gasteiger charge is 2.19. The minimum atomic E-state index is -0.161. The number of aryl methyl sites for hydroxylation is 1. The summed E-state index contributed by atoms with van der Waals surface area (Å²) in [6.45, 7) is 2.53. The molecule has 1 aromatic carbocycles. The van der Waals surface area contributed by atoms with E-state index in [0.29, 0.717) is 32.3 Å². The summed E-state index contributed by atoms with van der Waals surface area (Å²) in [6, 6.07) is 4.77. The fraction of sp³-hybridized carbons (Fsp3) is 0.167. The van der Waals surface area contributed by atoms with Gasteiger partial charge in [-0.05, 0) is 41.1 Å². The molecule has 0 atom stereocenters. The molecule has 6 heteroatoms. The van der Waals surface area contributed by atoms with E-state index in [1.54, 1.807) is 29.1 Å². The van der Waals surface area contributed by atoms with E-state index < -0.39 is 0 Å². The molecule has 1 heterocycles. The van der Waals surface area contributed by atoms with E-state index in [1.807, 2.05) is 6.92 Å². The molecule has 0 amide bonds. The van der Waals surface area contributed by atoms with Crippen molar-refractivity contribution in [2.45, 2.75) is 13.5 Å². The lowest BCUT2D eigenvalue weighted by molar-refractivity contribution is 0.102. The summed E-state index contributed by atoms with van der Waals surface area (Å²) >= 11 is 15.1. The van der Waals surface area contributed by atoms with Crippen LogP contribution in [0.5, 0.6) is 0 Å². The molecule has 0 saturated heterocycles. The molecule has 0 aliphatic carbocycles. The van der Waals surface area contributed by atoms with Gasteiger partial charge in [-0.25, -0.2) is 0 Å². The van der Waals surface area contributed by atoms with Crippen molar-refractivity contribution >= 4 is 44.9 Å². The lowest BCUT2D eigenvalue weighted by atomic mass is 10.1. The molecular formula is C12H9BrCl2N2O. The molecular weight excluding hydrogens is 339 g/mol. The normalized spacial score (nSPS) is 10.7. The Bertz CT molecular complexity index is 590. The summed E-state index contributed by atoms with van der Waals surface area (Å²) in [5.41, 5.74) is 0.944. The summed E-state index contributed by atoms with van der Waals surface area (Å²) in [5, 5.41) is 4.98. The molecule has 0 spiro atoms. The van der Waals surface area contributed by atoms with Gasteiger partial charge in [0.05, 0.1) is 10.7 Å². The first-order valence-corrected chi connectivity index (χ1v) is 6.80. The Labute approximate surface area is 123 Å². The lowest BCUT2D eigenvalue weighted by Crippen LogP contribution is -2.11. The first kappa shape index (κ1) is 13.6. The van der Waals surface area contributed by atoms with E-state index in [1.165, 1.54) is 0 Å². The minimum absolute atomic E-state index is 0.161. The average molecular weight is 348 g/mol. The largest absolute Gasteiger partial charge is 0.287 e. The molecule has 0 aliphatic rings. The number of benzene rings is 1. The number of rotatable bonds is 3. The second-order valence-electron chi connectivity index (χ2n) is 3.64. The molecule has 3 nitrogen and oxygen atoms in total. The third kappa shape index (κ3) is 2.60. The number of carbonyl (C=O) groups excluding carboxylic acids is 1. The van der Waals surface area contributed by atoms with E-state index in [9.17, 15) is 4.79 Å². The zero-order chi connectivity index (χ0) is 13.3. The Hall–Kier alpha value is -0.840. The standard InChI is InChI=1S/C12H9BrCl2N2O/c1-2-17-11(10(13)6-16-17)12(18)7-3-8(14)5-9(15)4-7/h3-6H,2H2,1H3. The summed E-state index contributed by atoms with van der Waals surface area (Å²) in [6.07, 6.45) is 1.60. The zero-order valence-corrected chi connectivity index (χ0v) is 12.6. The van der Waals surface area contributed by atoms with Crippen LogP contribution >= 0.6 is 39.1 Å². The molecule has 0 N–H and O–H groups in total. The van der Waals surface area contributed by atoms with Gasteiger partial charge in [-0.3, -0.25) is 9.48 Å². The maximum atomic E-state index is 12.4. The molecule has 0 unspecified atom stereocenters. The van der Waals surface area contributed by atoms with Crippen LogP contribution in [0.2, 0.25) is 10.0 Å². The van der Waals surface area contributed by atoms with Crippen LogP contribution in [0.3, 0.4) is 0 Å². The van der Waals surface area contributed by atoms with Crippen LogP contribution in [-0.4, -0.2) is 15.6 Å². The highest BCUT2D eigenvalue weighted by atomic mass is 79.9. The predicted octanol–water partition coefficient (Wildman–Crippen LogP) is 4.20. The Balaban J connectivity index is 2.50. The Morgan fingerprint density at radius 1 is 1.33 bits per heavy atom. The van der Waals surface area contributed by atoms with E-state index in [0.717, 1.165) is 0 Å². The van der Waals surface area contributed by atoms with E-state index in [4.69, 9.17) is 23.2 Å². The topological polar surface area (TPSA) is 34.9 Å². The van der Waals surface area contributed by atoms with Gasteiger partial charge in [0.2, 0.25) is 5.78 Å². The van der Waals surface area contributed by atoms with Crippen LogP contribution in [0.4, 0.5) is 0 Å². The number of ketones is 1. The van der Waals surface area contributed by atoms with Crippen LogP contribution in [-0.2, 0) is 6.54 Å². The number of carbonyl (C=O) groups is 1. The number of aromatic nitrogens is 2. The maximum absolute atomic E-state index is 12.4. The van der Waals surface area contributed by atoms with Gasteiger partial charge in [0, 0.05) is 22.2 Å². The molecule has 18 heavy (non-hydrogen) atoms. The monoisotopic (exact) mass is 346 g/mol. The first-order valence-electron chi connectivity index (χ1n) is 5.25. The fourth-order valence-electron chi connectivity index (χ4n) is 1.65. The van der Waals surface area contributed by atoms with Gasteiger partial charge in [-0.15, -0.1) is 0 Å². The van der Waals surface area contributed by atoms with Crippen molar-refractivity contribution in [2.75, 3.05) is 0 Å². The van der Waals surface area contributed by atoms with Crippen molar-refractivity contribution in [1.82, 2.24) is 9.78 Å². The SMILES string of the molecule is CCn1ncc(Br)c1C(=O)c1cc(Cl)cc(Cl)c1. The van der Waals surface area contributed by atoms with Gasteiger partial charge in [-0.1, -0.05) is 23.2 Å². The zero-order valence-electron chi connectivity index (χ0n) is 9.45. The van der Waals surface area contributed by atoms with Crippen LogP contribution in [0.25, 0.3) is 0 Å². The van der Waals surface area contributed by atoms with E-state index in [-0.39, 0.29) is 5.78 Å². The number of halogens is 3. The Kier molecular flexibility index (Phi) is 4.10. The van der Waals surface area contributed by atoms with Gasteiger partial charge in [0.1, 0.15) is 5.69 Å². The number of hydrogen-bond donors (Lipinski definition) is 0. The quantitative estimate of drug-likeness (QED) is 0.780. The van der Waals surface area contributed by atoms with Crippen molar-refractivity contribution in [3.8, 4) is 0 Å². The van der Waals surface area contributed by atoms with Gasteiger partial charge in [-0.2, -0.15) is 5.10 Å². The van der Waals surface area contributed by atoms with Crippen molar-refractivity contribution < 1.29 is 4.79 Å². The second-order valence-corrected chi connectivity index (χ2v) is 5.37. The average Bonchev–Trinajstić information content (AvgIpc) is 2.68. The van der Waals surface area contributed by atoms with Crippen molar-refractivity contribution in [3.05, 3.63) is 50.2 Å². The van der Waals surface area contributed by atoms with Crippen molar-refractivity contribution in [1.29, 1.82) is 0 Å². The van der Waals surface area contributed by atoms with Crippen LogP contribution in [0.15, 0.2) is 28.9 Å². The Morgan fingerprint density at radius 2 is 1.94 bits per heavy atom. The van der Waals surface area contributed by atoms with Crippen LogP contribution < -0.4 is 0 Å². The van der Waals surface area contributed by atoms with Gasteiger partial charge in [0.15, 0.2) is 0 Å². The molecule has 2 aromatic rings. The summed E-state index contributed by atoms with van der Waals surface area (Å²) in [5.74, 6) is -0.161. The molecule has 94 valence electrons. The highest BCUT2D eigenvalue weighted by Crippen LogP contribution is 2.24. The molecule has 0 fully saturated rings. The predicted molar refractivity (Wildman–Crippen MR) is 75.5 cm³/mol. The number of nitrogens with zero attached hydrogens (tertiary/aromatic N) is 2. The van der Waals surface area contributed by atoms with Gasteiger partial charge in [0.25, 0.3) is 0 Å². The van der Waals surface area contributed by atoms with E-state index >= 15 is 0 Å². The smallest absolute Gasteiger partial charge is 0.212 e. The molecule has 0 saturated carbocycles. The molecule has 0 radical (unpaired) electrons. The Morgan fingerprint density at radius 3 is 2.50 bits per heavy atom. The van der Waals surface area contributed by atoms with Crippen LogP contribution in [0.1, 0.15) is 23.0 Å². The third-order valence-electron chi connectivity index (χ3n) is 2.43.